The summed E-state index contributed by atoms with van der Waals surface area (Å²) in [4.78, 5) is 0. The average Bonchev–Trinajstić information content (AvgIpc) is 2.41. The molecule has 1 aliphatic rings. The highest BCUT2D eigenvalue weighted by Crippen LogP contribution is 2.33. The smallest absolute Gasteiger partial charge is 0.123 e. The van der Waals surface area contributed by atoms with E-state index in [1.165, 1.54) is 30.2 Å². The van der Waals surface area contributed by atoms with Gasteiger partial charge in [0.25, 0.3) is 0 Å². The highest BCUT2D eigenvalue weighted by atomic mass is 35.5. The van der Waals surface area contributed by atoms with Crippen molar-refractivity contribution < 1.29 is 5.11 Å². The number of phenols is 1. The standard InChI is InChI=1S/C15H17NO.ClH/c17-15-9-8-12(14-7-3-4-10-16-14)11-5-1-2-6-13(11)15;/h1-2,5-6,8-9,14,16-17H,3-4,7,10H2;1H/t14-;/m0./s1. The van der Waals surface area contributed by atoms with Gasteiger partial charge in [0.15, 0.2) is 0 Å². The predicted molar refractivity (Wildman–Crippen MR) is 77.5 cm³/mol. The molecule has 18 heavy (non-hydrogen) atoms. The van der Waals surface area contributed by atoms with Gasteiger partial charge in [-0.25, -0.2) is 0 Å². The molecule has 2 aromatic carbocycles. The van der Waals surface area contributed by atoms with Crippen LogP contribution >= 0.6 is 12.4 Å². The molecule has 0 aromatic heterocycles. The van der Waals surface area contributed by atoms with E-state index in [1.807, 2.05) is 24.3 Å². The van der Waals surface area contributed by atoms with Gasteiger partial charge in [-0.15, -0.1) is 12.4 Å². The van der Waals surface area contributed by atoms with Crippen LogP contribution in [0.3, 0.4) is 0 Å². The largest absolute Gasteiger partial charge is 0.507 e. The van der Waals surface area contributed by atoms with Crippen molar-refractivity contribution in [2.24, 2.45) is 0 Å². The summed E-state index contributed by atoms with van der Waals surface area (Å²) in [5.41, 5.74) is 1.32. The number of benzene rings is 2. The van der Waals surface area contributed by atoms with E-state index in [0.29, 0.717) is 11.8 Å². The Bertz CT molecular complexity index is 535. The van der Waals surface area contributed by atoms with Gasteiger partial charge >= 0.3 is 0 Å². The van der Waals surface area contributed by atoms with Crippen molar-refractivity contribution in [2.75, 3.05) is 6.54 Å². The van der Waals surface area contributed by atoms with Crippen molar-refractivity contribution in [1.82, 2.24) is 5.32 Å². The highest BCUT2D eigenvalue weighted by molar-refractivity contribution is 5.91. The molecule has 96 valence electrons. The number of piperidine rings is 1. The molecule has 0 saturated carbocycles. The molecule has 3 rings (SSSR count). The Hall–Kier alpha value is -1.25. The molecular weight excluding hydrogens is 246 g/mol. The van der Waals surface area contributed by atoms with Gasteiger partial charge < -0.3 is 10.4 Å². The molecule has 0 unspecified atom stereocenters. The first-order valence-corrected chi connectivity index (χ1v) is 6.30. The van der Waals surface area contributed by atoms with Crippen molar-refractivity contribution in [2.45, 2.75) is 25.3 Å². The Labute approximate surface area is 113 Å². The highest BCUT2D eigenvalue weighted by Gasteiger charge is 2.17. The van der Waals surface area contributed by atoms with E-state index < -0.39 is 0 Å². The molecule has 3 heteroatoms. The summed E-state index contributed by atoms with van der Waals surface area (Å²) in [7, 11) is 0. The summed E-state index contributed by atoms with van der Waals surface area (Å²) < 4.78 is 0. The van der Waals surface area contributed by atoms with Gasteiger partial charge in [-0.1, -0.05) is 36.8 Å². The molecule has 0 bridgehead atoms. The maximum atomic E-state index is 9.87. The Morgan fingerprint density at radius 3 is 2.50 bits per heavy atom. The molecule has 2 aromatic rings. The van der Waals surface area contributed by atoms with Crippen LogP contribution in [0.2, 0.25) is 0 Å². The van der Waals surface area contributed by atoms with E-state index >= 15 is 0 Å². The molecule has 1 atom stereocenters. The van der Waals surface area contributed by atoms with E-state index in [4.69, 9.17) is 0 Å². The number of fused-ring (bicyclic) bond motifs is 1. The van der Waals surface area contributed by atoms with Gasteiger partial charge in [0.2, 0.25) is 0 Å². The second-order valence-corrected chi connectivity index (χ2v) is 4.72. The lowest BCUT2D eigenvalue weighted by Crippen LogP contribution is -2.26. The number of halogens is 1. The summed E-state index contributed by atoms with van der Waals surface area (Å²) in [6.45, 7) is 1.10. The third kappa shape index (κ3) is 2.31. The topological polar surface area (TPSA) is 32.3 Å². The SMILES string of the molecule is Cl.Oc1ccc([C@@H]2CCCCN2)c2ccccc12. The quantitative estimate of drug-likeness (QED) is 0.821. The maximum Gasteiger partial charge on any atom is 0.123 e. The van der Waals surface area contributed by atoms with E-state index in [1.54, 1.807) is 0 Å². The van der Waals surface area contributed by atoms with E-state index in [2.05, 4.69) is 17.4 Å². The third-order valence-electron chi connectivity index (χ3n) is 3.62. The number of phenolic OH excluding ortho intramolecular Hbond substituents is 1. The molecule has 1 saturated heterocycles. The number of nitrogens with one attached hydrogen (secondary N) is 1. The van der Waals surface area contributed by atoms with Crippen molar-refractivity contribution in [3.8, 4) is 5.75 Å². The van der Waals surface area contributed by atoms with Crippen LogP contribution in [0.5, 0.6) is 5.75 Å². The minimum absolute atomic E-state index is 0. The zero-order chi connectivity index (χ0) is 11.7. The van der Waals surface area contributed by atoms with Gasteiger partial charge in [-0.3, -0.25) is 0 Å². The van der Waals surface area contributed by atoms with Crippen LogP contribution in [-0.4, -0.2) is 11.7 Å². The van der Waals surface area contributed by atoms with Crippen molar-refractivity contribution in [1.29, 1.82) is 0 Å². The van der Waals surface area contributed by atoms with Crippen LogP contribution < -0.4 is 5.32 Å². The van der Waals surface area contributed by atoms with Crippen LogP contribution in [0.25, 0.3) is 10.8 Å². The first-order chi connectivity index (χ1) is 8.36. The number of hydrogen-bond acceptors (Lipinski definition) is 2. The van der Waals surface area contributed by atoms with Crippen LogP contribution in [0.4, 0.5) is 0 Å². The molecule has 0 amide bonds. The van der Waals surface area contributed by atoms with Crippen molar-refractivity contribution in [3.63, 3.8) is 0 Å². The first-order valence-electron chi connectivity index (χ1n) is 6.30. The summed E-state index contributed by atoms with van der Waals surface area (Å²) in [5.74, 6) is 0.375. The van der Waals surface area contributed by atoms with Crippen LogP contribution in [0.15, 0.2) is 36.4 Å². The predicted octanol–water partition coefficient (Wildman–Crippen LogP) is 3.78. The first kappa shape index (κ1) is 13.2. The van der Waals surface area contributed by atoms with Crippen molar-refractivity contribution in [3.05, 3.63) is 42.0 Å². The zero-order valence-electron chi connectivity index (χ0n) is 10.2. The molecule has 1 fully saturated rings. The molecule has 0 spiro atoms. The third-order valence-corrected chi connectivity index (χ3v) is 3.62. The fraction of sp³-hybridized carbons (Fsp3) is 0.333. The van der Waals surface area contributed by atoms with Crippen molar-refractivity contribution >= 4 is 23.2 Å². The Kier molecular flexibility index (Phi) is 4.10. The second-order valence-electron chi connectivity index (χ2n) is 4.72. The number of hydrogen-bond donors (Lipinski definition) is 2. The van der Waals surface area contributed by atoms with Crippen LogP contribution in [0, 0.1) is 0 Å². The summed E-state index contributed by atoms with van der Waals surface area (Å²) >= 11 is 0. The van der Waals surface area contributed by atoms with Gasteiger partial charge in [0, 0.05) is 11.4 Å². The van der Waals surface area contributed by atoms with Gasteiger partial charge in [0.05, 0.1) is 0 Å². The lowest BCUT2D eigenvalue weighted by Gasteiger charge is -2.25. The lowest BCUT2D eigenvalue weighted by atomic mass is 9.93. The van der Waals surface area contributed by atoms with E-state index in [9.17, 15) is 5.11 Å². The molecule has 1 aliphatic heterocycles. The fourth-order valence-electron chi connectivity index (χ4n) is 2.73. The Morgan fingerprint density at radius 1 is 1.00 bits per heavy atom. The molecule has 2 N–H and O–H groups in total. The molecule has 0 radical (unpaired) electrons. The van der Waals surface area contributed by atoms with Gasteiger partial charge in [-0.05, 0) is 36.4 Å². The maximum absolute atomic E-state index is 9.87. The van der Waals surface area contributed by atoms with Crippen LogP contribution in [0.1, 0.15) is 30.9 Å². The second kappa shape index (κ2) is 5.59. The minimum Gasteiger partial charge on any atom is -0.507 e. The number of aromatic hydroxyl groups is 1. The van der Waals surface area contributed by atoms with Gasteiger partial charge in [0.1, 0.15) is 5.75 Å². The molecule has 0 aliphatic carbocycles. The molecule has 2 nitrogen and oxygen atoms in total. The summed E-state index contributed by atoms with van der Waals surface area (Å²) in [6.07, 6.45) is 3.74. The monoisotopic (exact) mass is 263 g/mol. The van der Waals surface area contributed by atoms with E-state index in [0.717, 1.165) is 11.9 Å². The number of rotatable bonds is 1. The molecular formula is C15H18ClNO. The Morgan fingerprint density at radius 2 is 1.78 bits per heavy atom. The molecule has 1 heterocycles. The normalized spacial score (nSPS) is 19.4. The minimum atomic E-state index is 0. The fourth-order valence-corrected chi connectivity index (χ4v) is 2.73. The van der Waals surface area contributed by atoms with Gasteiger partial charge in [-0.2, -0.15) is 0 Å². The zero-order valence-corrected chi connectivity index (χ0v) is 11.0. The van der Waals surface area contributed by atoms with Crippen LogP contribution in [-0.2, 0) is 0 Å². The Balaban J connectivity index is 0.00000120. The summed E-state index contributed by atoms with van der Waals surface area (Å²) in [5, 5.41) is 15.6. The average molecular weight is 264 g/mol. The summed E-state index contributed by atoms with van der Waals surface area (Å²) in [6, 6.07) is 12.4. The lowest BCUT2D eigenvalue weighted by molar-refractivity contribution is 0.414. The van der Waals surface area contributed by atoms with E-state index in [-0.39, 0.29) is 12.4 Å².